The van der Waals surface area contributed by atoms with Crippen molar-refractivity contribution in [2.24, 2.45) is 0 Å². The number of hydrogen-bond acceptors (Lipinski definition) is 2. The van der Waals surface area contributed by atoms with Gasteiger partial charge < -0.3 is 9.84 Å². The molecule has 0 spiro atoms. The number of ether oxygens (including phenoxy) is 1. The minimum atomic E-state index is -0.939. The number of carbonyl (C=O) groups is 1. The van der Waals surface area contributed by atoms with Gasteiger partial charge in [0.2, 0.25) is 0 Å². The predicted octanol–water partition coefficient (Wildman–Crippen LogP) is 4.47. The highest BCUT2D eigenvalue weighted by molar-refractivity contribution is 5.87. The first kappa shape index (κ1) is 14.1. The Bertz CT molecular complexity index is 590. The summed E-state index contributed by atoms with van der Waals surface area (Å²) in [6, 6.07) is 14.3. The molecule has 2 rings (SSSR count). The van der Waals surface area contributed by atoms with E-state index >= 15 is 0 Å². The zero-order valence-electron chi connectivity index (χ0n) is 11.9. The third-order valence-corrected chi connectivity index (χ3v) is 3.06. The Morgan fingerprint density at radius 2 is 1.35 bits per heavy atom. The van der Waals surface area contributed by atoms with Crippen molar-refractivity contribution in [1.29, 1.82) is 0 Å². The standard InChI is InChI=1S/C17H18O3/c1-17(2,3)13-6-10-15(11-7-13)20-14-8-4-12(5-9-14)16(18)19/h4-11H,1-3H3,(H,18,19). The maximum atomic E-state index is 10.8. The number of carboxylic acid groups (broad SMARTS) is 1. The minimum Gasteiger partial charge on any atom is -0.478 e. The number of rotatable bonds is 3. The third kappa shape index (κ3) is 3.38. The van der Waals surface area contributed by atoms with E-state index in [1.807, 2.05) is 24.3 Å². The number of benzene rings is 2. The highest BCUT2D eigenvalue weighted by Crippen LogP contribution is 2.27. The number of carboxylic acids is 1. The fourth-order valence-electron chi connectivity index (χ4n) is 1.82. The van der Waals surface area contributed by atoms with Crippen LogP contribution in [0.15, 0.2) is 48.5 Å². The first-order chi connectivity index (χ1) is 9.36. The van der Waals surface area contributed by atoms with Crippen LogP contribution in [0, 0.1) is 0 Å². The van der Waals surface area contributed by atoms with Gasteiger partial charge in [-0.25, -0.2) is 4.79 Å². The van der Waals surface area contributed by atoms with E-state index < -0.39 is 5.97 Å². The lowest BCUT2D eigenvalue weighted by atomic mass is 9.87. The van der Waals surface area contributed by atoms with Crippen LogP contribution < -0.4 is 4.74 Å². The summed E-state index contributed by atoms with van der Waals surface area (Å²) in [4.78, 5) is 10.8. The Morgan fingerprint density at radius 3 is 1.75 bits per heavy atom. The molecule has 1 N–H and O–H groups in total. The van der Waals surface area contributed by atoms with Crippen LogP contribution in [0.1, 0.15) is 36.7 Å². The second kappa shape index (κ2) is 5.37. The quantitative estimate of drug-likeness (QED) is 0.894. The van der Waals surface area contributed by atoms with Gasteiger partial charge in [-0.1, -0.05) is 32.9 Å². The second-order valence-electron chi connectivity index (χ2n) is 5.71. The molecule has 2 aromatic carbocycles. The summed E-state index contributed by atoms with van der Waals surface area (Å²) in [6.45, 7) is 6.48. The maximum Gasteiger partial charge on any atom is 0.335 e. The number of hydrogen-bond donors (Lipinski definition) is 1. The topological polar surface area (TPSA) is 46.5 Å². The lowest BCUT2D eigenvalue weighted by molar-refractivity contribution is 0.0697. The molecule has 0 unspecified atom stereocenters. The van der Waals surface area contributed by atoms with Gasteiger partial charge in [0.25, 0.3) is 0 Å². The molecular weight excluding hydrogens is 252 g/mol. The molecule has 0 saturated carbocycles. The van der Waals surface area contributed by atoms with Gasteiger partial charge in [0.15, 0.2) is 0 Å². The average Bonchev–Trinajstić information content (AvgIpc) is 2.39. The van der Waals surface area contributed by atoms with Crippen molar-refractivity contribution in [2.75, 3.05) is 0 Å². The minimum absolute atomic E-state index is 0.113. The molecule has 0 aromatic heterocycles. The van der Waals surface area contributed by atoms with Gasteiger partial charge in [-0.15, -0.1) is 0 Å². The van der Waals surface area contributed by atoms with Crippen LogP contribution in [0.3, 0.4) is 0 Å². The van der Waals surface area contributed by atoms with Gasteiger partial charge >= 0.3 is 5.97 Å². The third-order valence-electron chi connectivity index (χ3n) is 3.06. The summed E-state index contributed by atoms with van der Waals surface area (Å²) in [7, 11) is 0. The Hall–Kier alpha value is -2.29. The van der Waals surface area contributed by atoms with Crippen molar-refractivity contribution >= 4 is 5.97 Å². The molecule has 104 valence electrons. The molecule has 0 heterocycles. The van der Waals surface area contributed by atoms with E-state index in [1.165, 1.54) is 17.7 Å². The van der Waals surface area contributed by atoms with Gasteiger partial charge in [0.1, 0.15) is 11.5 Å². The molecule has 0 fully saturated rings. The van der Waals surface area contributed by atoms with Gasteiger partial charge in [-0.05, 0) is 47.4 Å². The fourth-order valence-corrected chi connectivity index (χ4v) is 1.82. The van der Waals surface area contributed by atoms with Gasteiger partial charge in [0, 0.05) is 0 Å². The van der Waals surface area contributed by atoms with Crippen LogP contribution in [-0.2, 0) is 5.41 Å². The zero-order chi connectivity index (χ0) is 14.8. The largest absolute Gasteiger partial charge is 0.478 e. The summed E-state index contributed by atoms with van der Waals surface area (Å²) >= 11 is 0. The van der Waals surface area contributed by atoms with Gasteiger partial charge in [0.05, 0.1) is 5.56 Å². The molecule has 0 aliphatic heterocycles. The fraction of sp³-hybridized carbons (Fsp3) is 0.235. The van der Waals surface area contributed by atoms with Gasteiger partial charge in [-0.2, -0.15) is 0 Å². The van der Waals surface area contributed by atoms with E-state index in [0.717, 1.165) is 5.75 Å². The summed E-state index contributed by atoms with van der Waals surface area (Å²) < 4.78 is 5.69. The zero-order valence-corrected chi connectivity index (χ0v) is 11.9. The van der Waals surface area contributed by atoms with Crippen molar-refractivity contribution in [3.05, 3.63) is 59.7 Å². The summed E-state index contributed by atoms with van der Waals surface area (Å²) in [5.74, 6) is 0.422. The molecular formula is C17H18O3. The van der Waals surface area contributed by atoms with E-state index in [2.05, 4.69) is 20.8 Å². The SMILES string of the molecule is CC(C)(C)c1ccc(Oc2ccc(C(=O)O)cc2)cc1. The highest BCUT2D eigenvalue weighted by atomic mass is 16.5. The van der Waals surface area contributed by atoms with E-state index in [0.29, 0.717) is 5.75 Å². The van der Waals surface area contributed by atoms with E-state index in [9.17, 15) is 4.79 Å². The monoisotopic (exact) mass is 270 g/mol. The van der Waals surface area contributed by atoms with Gasteiger partial charge in [-0.3, -0.25) is 0 Å². The molecule has 0 atom stereocenters. The van der Waals surface area contributed by atoms with Crippen molar-refractivity contribution in [1.82, 2.24) is 0 Å². The van der Waals surface area contributed by atoms with Crippen molar-refractivity contribution in [3.63, 3.8) is 0 Å². The maximum absolute atomic E-state index is 10.8. The summed E-state index contributed by atoms with van der Waals surface area (Å²) in [6.07, 6.45) is 0. The van der Waals surface area contributed by atoms with Crippen molar-refractivity contribution in [3.8, 4) is 11.5 Å². The average molecular weight is 270 g/mol. The normalized spacial score (nSPS) is 11.2. The molecule has 0 aliphatic rings. The second-order valence-corrected chi connectivity index (χ2v) is 5.71. The molecule has 2 aromatic rings. The molecule has 0 amide bonds. The number of aromatic carboxylic acids is 1. The van der Waals surface area contributed by atoms with E-state index in [-0.39, 0.29) is 11.0 Å². The first-order valence-electron chi connectivity index (χ1n) is 6.48. The van der Waals surface area contributed by atoms with Crippen LogP contribution in [0.2, 0.25) is 0 Å². The highest BCUT2D eigenvalue weighted by Gasteiger charge is 2.13. The van der Waals surface area contributed by atoms with Crippen LogP contribution >= 0.6 is 0 Å². The molecule has 0 bridgehead atoms. The predicted molar refractivity (Wildman–Crippen MR) is 78.6 cm³/mol. The lowest BCUT2D eigenvalue weighted by Crippen LogP contribution is -2.10. The molecule has 3 heteroatoms. The van der Waals surface area contributed by atoms with E-state index in [1.54, 1.807) is 12.1 Å². The van der Waals surface area contributed by atoms with Crippen molar-refractivity contribution in [2.45, 2.75) is 26.2 Å². The lowest BCUT2D eigenvalue weighted by Gasteiger charge is -2.19. The van der Waals surface area contributed by atoms with Crippen LogP contribution in [0.5, 0.6) is 11.5 Å². The van der Waals surface area contributed by atoms with Crippen LogP contribution in [-0.4, -0.2) is 11.1 Å². The Kier molecular flexibility index (Phi) is 3.79. The smallest absolute Gasteiger partial charge is 0.335 e. The Morgan fingerprint density at radius 1 is 0.900 bits per heavy atom. The van der Waals surface area contributed by atoms with Crippen LogP contribution in [0.4, 0.5) is 0 Å². The molecule has 0 radical (unpaired) electrons. The van der Waals surface area contributed by atoms with E-state index in [4.69, 9.17) is 9.84 Å². The van der Waals surface area contributed by atoms with Crippen molar-refractivity contribution < 1.29 is 14.6 Å². The summed E-state index contributed by atoms with van der Waals surface area (Å²) in [5.41, 5.74) is 1.60. The molecule has 0 saturated heterocycles. The first-order valence-corrected chi connectivity index (χ1v) is 6.48. The van der Waals surface area contributed by atoms with Crippen LogP contribution in [0.25, 0.3) is 0 Å². The molecule has 0 aliphatic carbocycles. The molecule has 3 nitrogen and oxygen atoms in total. The molecule has 20 heavy (non-hydrogen) atoms. The Balaban J connectivity index is 2.12. The summed E-state index contributed by atoms with van der Waals surface area (Å²) in [5, 5.41) is 8.83. The Labute approximate surface area is 118 Å².